The van der Waals surface area contributed by atoms with Gasteiger partial charge in [-0.3, -0.25) is 0 Å². The molecule has 0 heterocycles. The number of nitrogens with zero attached hydrogens (tertiary/aromatic N) is 1. The zero-order chi connectivity index (χ0) is 9.14. The Balaban J connectivity index is 2.48. The minimum atomic E-state index is -0.217. The fourth-order valence-electron chi connectivity index (χ4n) is 1.71. The normalized spacial score (nSPS) is 32.4. The van der Waals surface area contributed by atoms with Gasteiger partial charge < -0.3 is 10.0 Å². The van der Waals surface area contributed by atoms with E-state index in [1.807, 2.05) is 6.08 Å². The van der Waals surface area contributed by atoms with Crippen molar-refractivity contribution in [1.29, 1.82) is 0 Å². The third kappa shape index (κ3) is 2.32. The summed E-state index contributed by atoms with van der Waals surface area (Å²) in [4.78, 5) is 2.22. The van der Waals surface area contributed by atoms with Crippen LogP contribution in [0.5, 0.6) is 0 Å². The van der Waals surface area contributed by atoms with Gasteiger partial charge in [0.1, 0.15) is 0 Å². The lowest BCUT2D eigenvalue weighted by Gasteiger charge is -2.31. The standard InChI is InChI=1S/C10H19NO/c1-8(11(2)3)9-5-4-6-10(12)7-9/h4,6,8-10,12H,5,7H2,1-3H3. The summed E-state index contributed by atoms with van der Waals surface area (Å²) >= 11 is 0. The predicted octanol–water partition coefficient (Wildman–Crippen LogP) is 1.26. The van der Waals surface area contributed by atoms with Crippen LogP contribution in [0.25, 0.3) is 0 Å². The second kappa shape index (κ2) is 4.06. The van der Waals surface area contributed by atoms with Crippen molar-refractivity contribution in [3.05, 3.63) is 12.2 Å². The molecule has 12 heavy (non-hydrogen) atoms. The third-order valence-corrected chi connectivity index (χ3v) is 2.84. The van der Waals surface area contributed by atoms with E-state index in [0.29, 0.717) is 12.0 Å². The lowest BCUT2D eigenvalue weighted by atomic mass is 9.87. The molecule has 1 rings (SSSR count). The largest absolute Gasteiger partial charge is 0.389 e. The molecule has 0 aliphatic heterocycles. The highest BCUT2D eigenvalue weighted by molar-refractivity contribution is 4.98. The lowest BCUT2D eigenvalue weighted by Crippen LogP contribution is -2.35. The molecule has 70 valence electrons. The van der Waals surface area contributed by atoms with Crippen LogP contribution in [0, 0.1) is 5.92 Å². The van der Waals surface area contributed by atoms with E-state index in [0.717, 1.165) is 12.8 Å². The molecular formula is C10H19NO. The zero-order valence-corrected chi connectivity index (χ0v) is 8.20. The molecule has 2 nitrogen and oxygen atoms in total. The fraction of sp³-hybridized carbons (Fsp3) is 0.800. The van der Waals surface area contributed by atoms with E-state index in [4.69, 9.17) is 0 Å². The lowest BCUT2D eigenvalue weighted by molar-refractivity contribution is 0.134. The SMILES string of the molecule is CC(C1CC=CC(O)C1)N(C)C. The Bertz CT molecular complexity index is 165. The van der Waals surface area contributed by atoms with E-state index in [1.165, 1.54) is 0 Å². The molecule has 1 N–H and O–H groups in total. The first kappa shape index (κ1) is 9.75. The van der Waals surface area contributed by atoms with Gasteiger partial charge in [-0.25, -0.2) is 0 Å². The van der Waals surface area contributed by atoms with Crippen molar-refractivity contribution in [2.75, 3.05) is 14.1 Å². The second-order valence-corrected chi connectivity index (χ2v) is 3.93. The Morgan fingerprint density at radius 1 is 1.50 bits per heavy atom. The van der Waals surface area contributed by atoms with Crippen LogP contribution in [0.4, 0.5) is 0 Å². The van der Waals surface area contributed by atoms with Crippen LogP contribution < -0.4 is 0 Å². The number of allylic oxidation sites excluding steroid dienone is 1. The number of rotatable bonds is 2. The van der Waals surface area contributed by atoms with Crippen LogP contribution in [0.3, 0.4) is 0 Å². The van der Waals surface area contributed by atoms with E-state index in [2.05, 4.69) is 32.0 Å². The maximum Gasteiger partial charge on any atom is 0.0724 e. The molecule has 1 aliphatic carbocycles. The van der Waals surface area contributed by atoms with Gasteiger partial charge in [-0.2, -0.15) is 0 Å². The van der Waals surface area contributed by atoms with Crippen LogP contribution in [0.1, 0.15) is 19.8 Å². The van der Waals surface area contributed by atoms with Gasteiger partial charge in [0, 0.05) is 6.04 Å². The Morgan fingerprint density at radius 3 is 2.67 bits per heavy atom. The molecule has 0 bridgehead atoms. The summed E-state index contributed by atoms with van der Waals surface area (Å²) in [7, 11) is 4.19. The third-order valence-electron chi connectivity index (χ3n) is 2.84. The van der Waals surface area contributed by atoms with E-state index < -0.39 is 0 Å². The Morgan fingerprint density at radius 2 is 2.17 bits per heavy atom. The molecule has 3 atom stereocenters. The van der Waals surface area contributed by atoms with Crippen LogP contribution in [-0.4, -0.2) is 36.2 Å². The maximum atomic E-state index is 9.40. The fourth-order valence-corrected chi connectivity index (χ4v) is 1.71. The molecule has 1 aliphatic rings. The summed E-state index contributed by atoms with van der Waals surface area (Å²) in [6.07, 6.45) is 5.80. The van der Waals surface area contributed by atoms with Gasteiger partial charge in [0.25, 0.3) is 0 Å². The topological polar surface area (TPSA) is 23.5 Å². The Labute approximate surface area is 74.9 Å². The summed E-state index contributed by atoms with van der Waals surface area (Å²) < 4.78 is 0. The quantitative estimate of drug-likeness (QED) is 0.629. The first-order valence-corrected chi connectivity index (χ1v) is 4.62. The van der Waals surface area contributed by atoms with Crippen molar-refractivity contribution in [3.63, 3.8) is 0 Å². The maximum absolute atomic E-state index is 9.40. The summed E-state index contributed by atoms with van der Waals surface area (Å²) in [5, 5.41) is 9.40. The summed E-state index contributed by atoms with van der Waals surface area (Å²) in [5.74, 6) is 0.611. The number of hydrogen-bond acceptors (Lipinski definition) is 2. The Kier molecular flexibility index (Phi) is 3.29. The highest BCUT2D eigenvalue weighted by Gasteiger charge is 2.22. The van der Waals surface area contributed by atoms with E-state index in [9.17, 15) is 5.11 Å². The first-order valence-electron chi connectivity index (χ1n) is 4.62. The predicted molar refractivity (Wildman–Crippen MR) is 51.0 cm³/mol. The van der Waals surface area contributed by atoms with Crippen molar-refractivity contribution in [1.82, 2.24) is 4.90 Å². The van der Waals surface area contributed by atoms with Crippen LogP contribution in [0.2, 0.25) is 0 Å². The molecule has 0 saturated carbocycles. The van der Waals surface area contributed by atoms with Gasteiger partial charge in [0.05, 0.1) is 6.10 Å². The summed E-state index contributed by atoms with van der Waals surface area (Å²) in [5.41, 5.74) is 0. The van der Waals surface area contributed by atoms with Crippen LogP contribution >= 0.6 is 0 Å². The molecule has 0 spiro atoms. The molecule has 0 aromatic heterocycles. The highest BCUT2D eigenvalue weighted by atomic mass is 16.3. The monoisotopic (exact) mass is 169 g/mol. The van der Waals surface area contributed by atoms with Crippen molar-refractivity contribution >= 4 is 0 Å². The van der Waals surface area contributed by atoms with Gasteiger partial charge in [-0.1, -0.05) is 12.2 Å². The summed E-state index contributed by atoms with van der Waals surface area (Å²) in [6.45, 7) is 2.22. The van der Waals surface area contributed by atoms with E-state index in [-0.39, 0.29) is 6.10 Å². The summed E-state index contributed by atoms with van der Waals surface area (Å²) in [6, 6.07) is 0.560. The molecule has 0 aromatic rings. The number of aliphatic hydroxyl groups is 1. The molecular weight excluding hydrogens is 150 g/mol. The van der Waals surface area contributed by atoms with Gasteiger partial charge in [0.15, 0.2) is 0 Å². The van der Waals surface area contributed by atoms with Gasteiger partial charge >= 0.3 is 0 Å². The van der Waals surface area contributed by atoms with E-state index in [1.54, 1.807) is 0 Å². The smallest absolute Gasteiger partial charge is 0.0724 e. The molecule has 0 fully saturated rings. The van der Waals surface area contributed by atoms with Gasteiger partial charge in [-0.05, 0) is 39.8 Å². The Hall–Kier alpha value is -0.340. The van der Waals surface area contributed by atoms with Gasteiger partial charge in [-0.15, -0.1) is 0 Å². The van der Waals surface area contributed by atoms with Crippen LogP contribution in [-0.2, 0) is 0 Å². The molecule has 0 saturated heterocycles. The van der Waals surface area contributed by atoms with Crippen molar-refractivity contribution in [2.45, 2.75) is 31.9 Å². The zero-order valence-electron chi connectivity index (χ0n) is 8.20. The van der Waals surface area contributed by atoms with Crippen molar-refractivity contribution < 1.29 is 5.11 Å². The number of aliphatic hydroxyl groups excluding tert-OH is 1. The minimum absolute atomic E-state index is 0.217. The molecule has 0 radical (unpaired) electrons. The first-order chi connectivity index (χ1) is 5.61. The average molecular weight is 169 g/mol. The van der Waals surface area contributed by atoms with Crippen molar-refractivity contribution in [2.24, 2.45) is 5.92 Å². The molecule has 0 amide bonds. The van der Waals surface area contributed by atoms with E-state index >= 15 is 0 Å². The average Bonchev–Trinajstić information content (AvgIpc) is 2.03. The molecule has 0 aromatic carbocycles. The minimum Gasteiger partial charge on any atom is -0.389 e. The van der Waals surface area contributed by atoms with Gasteiger partial charge in [0.2, 0.25) is 0 Å². The molecule has 3 unspecified atom stereocenters. The highest BCUT2D eigenvalue weighted by Crippen LogP contribution is 2.23. The van der Waals surface area contributed by atoms with Crippen LogP contribution in [0.15, 0.2) is 12.2 Å². The molecule has 2 heteroatoms. The number of hydrogen-bond donors (Lipinski definition) is 1. The second-order valence-electron chi connectivity index (χ2n) is 3.93. The van der Waals surface area contributed by atoms with Crippen molar-refractivity contribution in [3.8, 4) is 0 Å².